The molecular weight excluding hydrogens is 533 g/mol. The Morgan fingerprint density at radius 2 is 1.79 bits per heavy atom. The Bertz CT molecular complexity index is 1420. The third-order valence-corrected chi connectivity index (χ3v) is 7.05. The van der Waals surface area contributed by atoms with E-state index in [0.29, 0.717) is 30.7 Å². The molecule has 1 aliphatic carbocycles. The van der Waals surface area contributed by atoms with Crippen molar-refractivity contribution in [2.75, 3.05) is 10.6 Å². The fraction of sp³-hybridized carbons (Fsp3) is 0.269. The predicted octanol–water partition coefficient (Wildman–Crippen LogP) is 5.51. The highest BCUT2D eigenvalue weighted by Gasteiger charge is 2.36. The van der Waals surface area contributed by atoms with Crippen molar-refractivity contribution in [3.63, 3.8) is 0 Å². The van der Waals surface area contributed by atoms with Crippen molar-refractivity contribution in [1.29, 1.82) is 0 Å². The van der Waals surface area contributed by atoms with Crippen LogP contribution in [0.1, 0.15) is 57.7 Å². The van der Waals surface area contributed by atoms with Crippen LogP contribution in [0.5, 0.6) is 0 Å². The van der Waals surface area contributed by atoms with Crippen molar-refractivity contribution in [2.45, 2.75) is 43.4 Å². The minimum atomic E-state index is -4.85. The zero-order chi connectivity index (χ0) is 27.4. The summed E-state index contributed by atoms with van der Waals surface area (Å²) in [6, 6.07) is 7.04. The molecule has 5 rings (SSSR count). The van der Waals surface area contributed by atoms with Gasteiger partial charge >= 0.3 is 6.18 Å². The molecule has 1 aliphatic heterocycles. The molecule has 1 heterocycles. The van der Waals surface area contributed by atoms with E-state index in [-0.39, 0.29) is 33.4 Å². The first-order chi connectivity index (χ1) is 17.9. The van der Waals surface area contributed by atoms with Crippen LogP contribution in [-0.2, 0) is 6.18 Å². The summed E-state index contributed by atoms with van der Waals surface area (Å²) in [5.74, 6) is -2.35. The van der Waals surface area contributed by atoms with Gasteiger partial charge in [-0.2, -0.15) is 13.2 Å². The van der Waals surface area contributed by atoms with Crippen molar-refractivity contribution in [3.8, 4) is 0 Å². The van der Waals surface area contributed by atoms with Gasteiger partial charge in [-0.05, 0) is 61.4 Å². The summed E-state index contributed by atoms with van der Waals surface area (Å²) in [5.41, 5.74) is -0.582. The van der Waals surface area contributed by atoms with Crippen LogP contribution in [0.15, 0.2) is 48.5 Å². The number of carbonyl (C=O) groups excluding carboxylic acids is 1. The van der Waals surface area contributed by atoms with E-state index in [9.17, 15) is 37.0 Å². The summed E-state index contributed by atoms with van der Waals surface area (Å²) in [4.78, 5) is 12.9. The van der Waals surface area contributed by atoms with Gasteiger partial charge < -0.3 is 26.2 Å². The van der Waals surface area contributed by atoms with E-state index < -0.39 is 53.2 Å². The minimum absolute atomic E-state index is 0.104. The number of hydrogen-bond donors (Lipinski definition) is 5. The third-order valence-electron chi connectivity index (χ3n) is 6.70. The number of amides is 1. The first-order valence-electron chi connectivity index (χ1n) is 11.6. The maximum absolute atomic E-state index is 14.1. The largest absolute Gasteiger partial charge is 0.416 e. The maximum atomic E-state index is 14.1. The molecule has 4 atom stereocenters. The van der Waals surface area contributed by atoms with E-state index >= 15 is 0 Å². The molecule has 0 spiro atoms. The number of nitrogens with one attached hydrogen (secondary N) is 3. The van der Waals surface area contributed by atoms with Crippen LogP contribution in [0.3, 0.4) is 0 Å². The van der Waals surface area contributed by atoms with Crippen LogP contribution >= 0.6 is 11.6 Å². The summed E-state index contributed by atoms with van der Waals surface area (Å²) in [7, 11) is 0. The van der Waals surface area contributed by atoms with Crippen molar-refractivity contribution in [1.82, 2.24) is 5.32 Å². The lowest BCUT2D eigenvalue weighted by Gasteiger charge is -2.34. The zero-order valence-corrected chi connectivity index (χ0v) is 20.2. The molecule has 5 N–H and O–H groups in total. The SMILES string of the molecule is O=C1NC(c2cc(F)ccc2Cl)c2c(NC(O)c3cc(F)cc(C(F)(F)F)c3)cc(NC3CC[C@H]3O)cc21. The number of rotatable bonds is 6. The van der Waals surface area contributed by atoms with Crippen LogP contribution in [-0.4, -0.2) is 28.3 Å². The Hall–Kier alpha value is -3.41. The highest BCUT2D eigenvalue weighted by molar-refractivity contribution is 6.31. The molecule has 6 nitrogen and oxygen atoms in total. The molecule has 1 amide bonds. The molecule has 2 aliphatic rings. The van der Waals surface area contributed by atoms with Crippen molar-refractivity contribution < 1.29 is 37.0 Å². The van der Waals surface area contributed by atoms with Gasteiger partial charge in [-0.1, -0.05) is 11.6 Å². The molecule has 38 heavy (non-hydrogen) atoms. The minimum Gasteiger partial charge on any atom is -0.391 e. The predicted molar refractivity (Wildman–Crippen MR) is 130 cm³/mol. The molecule has 0 bridgehead atoms. The number of fused-ring (bicyclic) bond motifs is 1. The number of hydrogen-bond acceptors (Lipinski definition) is 5. The van der Waals surface area contributed by atoms with Gasteiger partial charge in [0.1, 0.15) is 11.6 Å². The van der Waals surface area contributed by atoms with E-state index in [1.54, 1.807) is 0 Å². The molecule has 1 fully saturated rings. The monoisotopic (exact) mass is 553 g/mol. The second kappa shape index (κ2) is 9.72. The number of carbonyl (C=O) groups is 1. The van der Waals surface area contributed by atoms with E-state index in [1.807, 2.05) is 0 Å². The summed E-state index contributed by atoms with van der Waals surface area (Å²) >= 11 is 6.29. The first kappa shape index (κ1) is 26.2. The second-order valence-electron chi connectivity index (χ2n) is 9.27. The molecule has 3 unspecified atom stereocenters. The summed E-state index contributed by atoms with van der Waals surface area (Å²) in [6.07, 6.45) is -6.01. The van der Waals surface area contributed by atoms with Gasteiger partial charge in [0.25, 0.3) is 5.91 Å². The molecule has 0 saturated heterocycles. The molecule has 200 valence electrons. The summed E-state index contributed by atoms with van der Waals surface area (Å²) in [5, 5.41) is 29.4. The topological polar surface area (TPSA) is 93.6 Å². The average molecular weight is 554 g/mol. The Morgan fingerprint density at radius 1 is 1.03 bits per heavy atom. The van der Waals surface area contributed by atoms with Gasteiger partial charge in [0.15, 0.2) is 6.23 Å². The van der Waals surface area contributed by atoms with Crippen LogP contribution in [0.2, 0.25) is 5.02 Å². The fourth-order valence-corrected chi connectivity index (χ4v) is 4.86. The lowest BCUT2D eigenvalue weighted by molar-refractivity contribution is -0.137. The molecule has 3 aromatic carbocycles. The maximum Gasteiger partial charge on any atom is 0.416 e. The number of benzene rings is 3. The molecule has 0 aromatic heterocycles. The Morgan fingerprint density at radius 3 is 2.45 bits per heavy atom. The van der Waals surface area contributed by atoms with Crippen LogP contribution in [0.25, 0.3) is 0 Å². The van der Waals surface area contributed by atoms with Crippen LogP contribution < -0.4 is 16.0 Å². The van der Waals surface area contributed by atoms with E-state index in [4.69, 9.17) is 11.6 Å². The number of halogens is 6. The number of aliphatic hydroxyl groups is 2. The van der Waals surface area contributed by atoms with Gasteiger partial charge in [-0.15, -0.1) is 0 Å². The highest BCUT2D eigenvalue weighted by Crippen LogP contribution is 2.42. The van der Waals surface area contributed by atoms with E-state index in [1.165, 1.54) is 18.2 Å². The average Bonchev–Trinajstić information content (AvgIpc) is 3.18. The first-order valence-corrected chi connectivity index (χ1v) is 12.0. The molecular formula is C26H21ClF5N3O3. The molecule has 1 saturated carbocycles. The number of alkyl halides is 3. The Labute approximate surface area is 218 Å². The van der Waals surface area contributed by atoms with Crippen molar-refractivity contribution >= 4 is 28.9 Å². The summed E-state index contributed by atoms with van der Waals surface area (Å²) < 4.78 is 67.8. The quantitative estimate of drug-likeness (QED) is 0.205. The van der Waals surface area contributed by atoms with Crippen LogP contribution in [0, 0.1) is 11.6 Å². The Balaban J connectivity index is 1.58. The fourth-order valence-electron chi connectivity index (χ4n) is 4.63. The lowest BCUT2D eigenvalue weighted by atomic mass is 9.88. The molecule has 3 aromatic rings. The molecule has 0 radical (unpaired) electrons. The smallest absolute Gasteiger partial charge is 0.391 e. The van der Waals surface area contributed by atoms with Gasteiger partial charge in [-0.3, -0.25) is 4.79 Å². The number of aliphatic hydroxyl groups excluding tert-OH is 2. The van der Waals surface area contributed by atoms with Crippen molar-refractivity contribution in [3.05, 3.63) is 93.0 Å². The van der Waals surface area contributed by atoms with Crippen LogP contribution in [0.4, 0.5) is 33.3 Å². The zero-order valence-electron chi connectivity index (χ0n) is 19.4. The normalized spacial score (nSPS) is 21.4. The van der Waals surface area contributed by atoms with Gasteiger partial charge in [-0.25, -0.2) is 8.78 Å². The second-order valence-corrected chi connectivity index (χ2v) is 9.68. The Kier molecular flexibility index (Phi) is 6.70. The van der Waals surface area contributed by atoms with Gasteiger partial charge in [0.2, 0.25) is 0 Å². The van der Waals surface area contributed by atoms with Gasteiger partial charge in [0, 0.05) is 38.7 Å². The van der Waals surface area contributed by atoms with Gasteiger partial charge in [0.05, 0.1) is 23.8 Å². The summed E-state index contributed by atoms with van der Waals surface area (Å²) in [6.45, 7) is 0. The third kappa shape index (κ3) is 5.01. The number of anilines is 2. The van der Waals surface area contributed by atoms with E-state index in [0.717, 1.165) is 18.2 Å². The highest BCUT2D eigenvalue weighted by atomic mass is 35.5. The lowest BCUT2D eigenvalue weighted by Crippen LogP contribution is -2.42. The molecule has 12 heteroatoms. The standard InChI is InChI=1S/C26H21ClF5N3O3/c27-18-2-1-13(28)8-16(18)23-22-17(25(38)35-23)9-15(33-19-3-4-21(19)36)10-20(22)34-24(37)11-5-12(26(30,31)32)7-14(29)6-11/h1-2,5-10,19,21,23-24,33-34,36-37H,3-4H2,(H,35,38)/t19?,21-,23?,24?/m1/s1. The van der Waals surface area contributed by atoms with E-state index in [2.05, 4.69) is 16.0 Å². The van der Waals surface area contributed by atoms with Crippen molar-refractivity contribution in [2.24, 2.45) is 0 Å².